The molecule has 1 heterocycles. The summed E-state index contributed by atoms with van der Waals surface area (Å²) >= 11 is 0. The van der Waals surface area contributed by atoms with Gasteiger partial charge in [0.2, 0.25) is 0 Å². The number of nitriles is 1. The molecule has 0 radical (unpaired) electrons. The number of carboxylic acids is 1. The molecule has 17 heavy (non-hydrogen) atoms. The second kappa shape index (κ2) is 4.58. The second-order valence-corrected chi connectivity index (χ2v) is 3.71. The van der Waals surface area contributed by atoms with Crippen LogP contribution in [0.2, 0.25) is 0 Å². The van der Waals surface area contributed by atoms with Gasteiger partial charge in [0.15, 0.2) is 6.19 Å². The molecule has 3 N–H and O–H groups in total. The Bertz CT molecular complexity index is 583. The van der Waals surface area contributed by atoms with E-state index < -0.39 is 12.0 Å². The van der Waals surface area contributed by atoms with E-state index in [1.54, 1.807) is 12.4 Å². The lowest BCUT2D eigenvalue weighted by Gasteiger charge is -2.08. The maximum Gasteiger partial charge on any atom is 0.327 e. The molecule has 5 heteroatoms. The first-order valence-electron chi connectivity index (χ1n) is 5.15. The maximum absolute atomic E-state index is 10.9. The summed E-state index contributed by atoms with van der Waals surface area (Å²) in [7, 11) is 0. The number of aliphatic carboxylic acids is 1. The van der Waals surface area contributed by atoms with Gasteiger partial charge in [-0.1, -0.05) is 18.2 Å². The number of aromatic amines is 1. The second-order valence-electron chi connectivity index (χ2n) is 3.71. The minimum Gasteiger partial charge on any atom is -0.480 e. The summed E-state index contributed by atoms with van der Waals surface area (Å²) in [6.45, 7) is 0. The van der Waals surface area contributed by atoms with E-state index >= 15 is 0 Å². The number of carbonyl (C=O) groups is 1. The van der Waals surface area contributed by atoms with Gasteiger partial charge < -0.3 is 15.4 Å². The van der Waals surface area contributed by atoms with Crippen molar-refractivity contribution >= 4 is 16.9 Å². The molecule has 1 atom stereocenters. The van der Waals surface area contributed by atoms with Gasteiger partial charge in [0, 0.05) is 23.5 Å². The van der Waals surface area contributed by atoms with Crippen LogP contribution in [0.15, 0.2) is 30.5 Å². The van der Waals surface area contributed by atoms with Crippen molar-refractivity contribution in [3.05, 3.63) is 36.0 Å². The van der Waals surface area contributed by atoms with Gasteiger partial charge in [0.25, 0.3) is 0 Å². The van der Waals surface area contributed by atoms with Gasteiger partial charge in [-0.2, -0.15) is 5.26 Å². The lowest BCUT2D eigenvalue weighted by atomic mass is 10.1. The molecule has 2 aromatic rings. The smallest absolute Gasteiger partial charge is 0.327 e. The summed E-state index contributed by atoms with van der Waals surface area (Å²) in [4.78, 5) is 14.0. The predicted octanol–water partition coefficient (Wildman–Crippen LogP) is 1.23. The number of nitrogens with zero attached hydrogens (tertiary/aromatic N) is 1. The third-order valence-electron chi connectivity index (χ3n) is 2.64. The Labute approximate surface area is 97.7 Å². The van der Waals surface area contributed by atoms with Crippen molar-refractivity contribution in [3.63, 3.8) is 0 Å². The van der Waals surface area contributed by atoms with Crippen molar-refractivity contribution in [2.45, 2.75) is 12.5 Å². The molecule has 0 amide bonds. The van der Waals surface area contributed by atoms with Crippen LogP contribution in [0.4, 0.5) is 0 Å². The number of hydrogen-bond donors (Lipinski definition) is 3. The normalized spacial score (nSPS) is 11.9. The number of H-pyrrole nitrogens is 1. The predicted molar refractivity (Wildman–Crippen MR) is 62.2 cm³/mol. The van der Waals surface area contributed by atoms with Gasteiger partial charge in [-0.05, 0) is 11.6 Å². The van der Waals surface area contributed by atoms with Crippen molar-refractivity contribution in [2.24, 2.45) is 0 Å². The van der Waals surface area contributed by atoms with Crippen LogP contribution >= 0.6 is 0 Å². The van der Waals surface area contributed by atoms with Crippen LogP contribution in [0, 0.1) is 11.5 Å². The number of fused-ring (bicyclic) bond motifs is 1. The molecule has 0 unspecified atom stereocenters. The van der Waals surface area contributed by atoms with Crippen molar-refractivity contribution in [1.82, 2.24) is 10.3 Å². The summed E-state index contributed by atoms with van der Waals surface area (Å²) in [5.41, 5.74) is 1.85. The molecule has 0 saturated carbocycles. The van der Waals surface area contributed by atoms with Crippen LogP contribution in [0.3, 0.4) is 0 Å². The van der Waals surface area contributed by atoms with Gasteiger partial charge in [0.05, 0.1) is 0 Å². The maximum atomic E-state index is 10.9. The van der Waals surface area contributed by atoms with Crippen molar-refractivity contribution in [3.8, 4) is 6.19 Å². The monoisotopic (exact) mass is 229 g/mol. The van der Waals surface area contributed by atoms with E-state index in [9.17, 15) is 4.79 Å². The summed E-state index contributed by atoms with van der Waals surface area (Å²) in [6.07, 6.45) is 3.72. The van der Waals surface area contributed by atoms with Crippen LogP contribution in [-0.2, 0) is 11.2 Å². The van der Waals surface area contributed by atoms with E-state index in [0.29, 0.717) is 0 Å². The molecule has 0 fully saturated rings. The fourth-order valence-corrected chi connectivity index (χ4v) is 1.80. The molecule has 0 saturated heterocycles. The zero-order chi connectivity index (χ0) is 12.3. The summed E-state index contributed by atoms with van der Waals surface area (Å²) in [6, 6.07) is 6.76. The van der Waals surface area contributed by atoms with Crippen molar-refractivity contribution in [2.75, 3.05) is 0 Å². The minimum absolute atomic E-state index is 0.271. The van der Waals surface area contributed by atoms with Gasteiger partial charge in [-0.25, -0.2) is 4.79 Å². The molecule has 0 aliphatic heterocycles. The number of para-hydroxylation sites is 1. The first-order valence-corrected chi connectivity index (χ1v) is 5.15. The number of aromatic nitrogens is 1. The van der Waals surface area contributed by atoms with E-state index in [4.69, 9.17) is 10.4 Å². The average Bonchev–Trinajstić information content (AvgIpc) is 2.72. The largest absolute Gasteiger partial charge is 0.480 e. The highest BCUT2D eigenvalue weighted by molar-refractivity contribution is 5.84. The minimum atomic E-state index is -1.03. The van der Waals surface area contributed by atoms with Gasteiger partial charge in [-0.3, -0.25) is 0 Å². The summed E-state index contributed by atoms with van der Waals surface area (Å²) < 4.78 is 0. The Morgan fingerprint density at radius 3 is 3.00 bits per heavy atom. The Morgan fingerprint density at radius 1 is 1.53 bits per heavy atom. The van der Waals surface area contributed by atoms with E-state index in [-0.39, 0.29) is 6.42 Å². The molecule has 1 aromatic heterocycles. The summed E-state index contributed by atoms with van der Waals surface area (Å²) in [5.74, 6) is -1.03. The molecular weight excluding hydrogens is 218 g/mol. The summed E-state index contributed by atoms with van der Waals surface area (Å²) in [5, 5.41) is 20.7. The zero-order valence-corrected chi connectivity index (χ0v) is 8.97. The van der Waals surface area contributed by atoms with Gasteiger partial charge >= 0.3 is 5.97 Å². The third kappa shape index (κ3) is 2.21. The van der Waals surface area contributed by atoms with Crippen LogP contribution in [0.5, 0.6) is 0 Å². The highest BCUT2D eigenvalue weighted by Gasteiger charge is 2.18. The standard InChI is InChI=1S/C12H11N3O2/c13-7-15-11(12(16)17)5-8-6-14-10-4-2-1-3-9(8)10/h1-4,6,11,14-15H,5H2,(H,16,17)/t11-/m1/s1. The fourth-order valence-electron chi connectivity index (χ4n) is 1.80. The van der Waals surface area contributed by atoms with Gasteiger partial charge in [-0.15, -0.1) is 0 Å². The molecule has 86 valence electrons. The molecule has 0 aliphatic rings. The van der Waals surface area contributed by atoms with E-state index in [2.05, 4.69) is 10.3 Å². The molecule has 2 rings (SSSR count). The van der Waals surface area contributed by atoms with E-state index in [1.807, 2.05) is 24.3 Å². The lowest BCUT2D eigenvalue weighted by Crippen LogP contribution is -2.35. The number of carboxylic acid groups (broad SMARTS) is 1. The van der Waals surface area contributed by atoms with Crippen molar-refractivity contribution < 1.29 is 9.90 Å². The highest BCUT2D eigenvalue weighted by Crippen LogP contribution is 2.19. The van der Waals surface area contributed by atoms with Crippen molar-refractivity contribution in [1.29, 1.82) is 5.26 Å². The van der Waals surface area contributed by atoms with Crippen LogP contribution in [-0.4, -0.2) is 22.1 Å². The van der Waals surface area contributed by atoms with Crippen LogP contribution in [0.25, 0.3) is 10.9 Å². The highest BCUT2D eigenvalue weighted by atomic mass is 16.4. The third-order valence-corrected chi connectivity index (χ3v) is 2.64. The number of hydrogen-bond acceptors (Lipinski definition) is 3. The average molecular weight is 229 g/mol. The Balaban J connectivity index is 2.28. The SMILES string of the molecule is N#CN[C@H](Cc1c[nH]c2ccccc12)C(=O)O. The van der Waals surface area contributed by atoms with E-state index in [1.165, 1.54) is 0 Å². The zero-order valence-electron chi connectivity index (χ0n) is 8.97. The molecule has 0 bridgehead atoms. The lowest BCUT2D eigenvalue weighted by molar-refractivity contribution is -0.139. The Morgan fingerprint density at radius 2 is 2.29 bits per heavy atom. The fraction of sp³-hybridized carbons (Fsp3) is 0.167. The first-order chi connectivity index (χ1) is 8.22. The molecule has 0 aliphatic carbocycles. The van der Waals surface area contributed by atoms with Gasteiger partial charge in [0.1, 0.15) is 6.04 Å². The van der Waals surface area contributed by atoms with Crippen LogP contribution in [0.1, 0.15) is 5.56 Å². The molecule has 1 aromatic carbocycles. The molecule has 0 spiro atoms. The number of rotatable bonds is 4. The Kier molecular flexibility index (Phi) is 2.97. The number of benzene rings is 1. The quantitative estimate of drug-likeness (QED) is 0.543. The first kappa shape index (κ1) is 11.0. The van der Waals surface area contributed by atoms with E-state index in [0.717, 1.165) is 16.5 Å². The number of nitrogens with one attached hydrogen (secondary N) is 2. The molecular formula is C12H11N3O2. The van der Waals surface area contributed by atoms with Crippen LogP contribution < -0.4 is 5.32 Å². The topological polar surface area (TPSA) is 88.9 Å². The molecule has 5 nitrogen and oxygen atoms in total. The Hall–Kier alpha value is -2.48.